The van der Waals surface area contributed by atoms with Crippen molar-refractivity contribution in [3.63, 3.8) is 0 Å². The summed E-state index contributed by atoms with van der Waals surface area (Å²) in [5, 5.41) is 0.170. The second-order valence-electron chi connectivity index (χ2n) is 5.69. The fraction of sp³-hybridized carbons (Fsp3) is 0.615. The number of halogens is 1. The molecule has 0 radical (unpaired) electrons. The first-order chi connectivity index (χ1) is 9.96. The van der Waals surface area contributed by atoms with Gasteiger partial charge in [-0.25, -0.2) is 13.4 Å². The molecular weight excluding hydrogens is 312 g/mol. The van der Waals surface area contributed by atoms with Crippen LogP contribution in [0, 0.1) is 5.92 Å². The van der Waals surface area contributed by atoms with Crippen molar-refractivity contribution >= 4 is 27.4 Å². The zero-order valence-corrected chi connectivity index (χ0v) is 13.3. The smallest absolute Gasteiger partial charge is 0.244 e. The van der Waals surface area contributed by atoms with E-state index in [9.17, 15) is 8.42 Å². The van der Waals surface area contributed by atoms with Gasteiger partial charge in [0.25, 0.3) is 0 Å². The maximum Gasteiger partial charge on any atom is 0.244 e. The minimum atomic E-state index is -3.53. The first-order valence-corrected chi connectivity index (χ1v) is 8.92. The van der Waals surface area contributed by atoms with Gasteiger partial charge >= 0.3 is 0 Å². The van der Waals surface area contributed by atoms with E-state index in [-0.39, 0.29) is 15.7 Å². The molecule has 1 saturated heterocycles. The van der Waals surface area contributed by atoms with E-state index in [1.54, 1.807) is 0 Å². The van der Waals surface area contributed by atoms with E-state index in [4.69, 9.17) is 17.3 Å². The van der Waals surface area contributed by atoms with Gasteiger partial charge in [0.1, 0.15) is 10.7 Å². The Balaban J connectivity index is 1.68. The molecule has 116 valence electrons. The van der Waals surface area contributed by atoms with Crippen molar-refractivity contribution < 1.29 is 8.42 Å². The Hall–Kier alpha value is -0.890. The standard InChI is InChI=1S/C13H19ClN4O2S/c14-12-7-11(8-16-13(12)15)21(19,20)18-5-3-17(4-6-18)9-10-1-2-10/h7-8,10H,1-6,9H2,(H2,15,16). The van der Waals surface area contributed by atoms with Gasteiger partial charge < -0.3 is 10.6 Å². The highest BCUT2D eigenvalue weighted by atomic mass is 35.5. The van der Waals surface area contributed by atoms with E-state index in [1.165, 1.54) is 29.4 Å². The number of pyridine rings is 1. The van der Waals surface area contributed by atoms with Crippen molar-refractivity contribution in [2.24, 2.45) is 5.92 Å². The summed E-state index contributed by atoms with van der Waals surface area (Å²) in [6.45, 7) is 3.69. The van der Waals surface area contributed by atoms with Crippen molar-refractivity contribution in [1.29, 1.82) is 0 Å². The van der Waals surface area contributed by atoms with E-state index in [1.807, 2.05) is 0 Å². The van der Waals surface area contributed by atoms with Crippen molar-refractivity contribution in [3.8, 4) is 0 Å². The molecule has 1 aromatic heterocycles. The molecule has 0 unspecified atom stereocenters. The predicted molar refractivity (Wildman–Crippen MR) is 81.6 cm³/mol. The zero-order chi connectivity index (χ0) is 15.0. The summed E-state index contributed by atoms with van der Waals surface area (Å²) in [6, 6.07) is 1.37. The van der Waals surface area contributed by atoms with Crippen LogP contribution in [0.25, 0.3) is 0 Å². The first kappa shape index (κ1) is 15.0. The molecule has 0 amide bonds. The van der Waals surface area contributed by atoms with Crippen LogP contribution in [-0.2, 0) is 10.0 Å². The number of nitrogen functional groups attached to an aromatic ring is 1. The highest BCUT2D eigenvalue weighted by Gasteiger charge is 2.31. The summed E-state index contributed by atoms with van der Waals surface area (Å²) in [7, 11) is -3.53. The van der Waals surface area contributed by atoms with Crippen LogP contribution in [0.1, 0.15) is 12.8 Å². The van der Waals surface area contributed by atoms with Crippen LogP contribution in [-0.4, -0.2) is 55.3 Å². The first-order valence-electron chi connectivity index (χ1n) is 7.10. The number of hydrogen-bond donors (Lipinski definition) is 1. The van der Waals surface area contributed by atoms with Gasteiger partial charge in [-0.15, -0.1) is 0 Å². The van der Waals surface area contributed by atoms with Crippen molar-refractivity contribution in [2.75, 3.05) is 38.5 Å². The molecule has 1 aliphatic carbocycles. The second kappa shape index (κ2) is 5.72. The molecule has 3 rings (SSSR count). The Labute approximate surface area is 129 Å². The van der Waals surface area contributed by atoms with Gasteiger partial charge in [-0.2, -0.15) is 4.31 Å². The van der Waals surface area contributed by atoms with Crippen LogP contribution in [0.5, 0.6) is 0 Å². The van der Waals surface area contributed by atoms with Crippen LogP contribution in [0.4, 0.5) is 5.82 Å². The van der Waals surface area contributed by atoms with Crippen LogP contribution in [0.3, 0.4) is 0 Å². The normalized spacial score (nSPS) is 21.6. The fourth-order valence-corrected chi connectivity index (χ4v) is 4.16. The van der Waals surface area contributed by atoms with Gasteiger partial charge in [0.2, 0.25) is 10.0 Å². The maximum atomic E-state index is 12.6. The van der Waals surface area contributed by atoms with Gasteiger partial charge in [0, 0.05) is 38.9 Å². The summed E-state index contributed by atoms with van der Waals surface area (Å²) in [5.41, 5.74) is 5.52. The molecule has 8 heteroatoms. The highest BCUT2D eigenvalue weighted by Crippen LogP contribution is 2.30. The molecule has 1 aliphatic heterocycles. The Morgan fingerprint density at radius 3 is 2.52 bits per heavy atom. The second-order valence-corrected chi connectivity index (χ2v) is 8.03. The monoisotopic (exact) mass is 330 g/mol. The van der Waals surface area contributed by atoms with E-state index in [0.29, 0.717) is 13.1 Å². The Kier molecular flexibility index (Phi) is 4.09. The minimum absolute atomic E-state index is 0.109. The minimum Gasteiger partial charge on any atom is -0.382 e. The summed E-state index contributed by atoms with van der Waals surface area (Å²) < 4.78 is 26.6. The van der Waals surface area contributed by atoms with Gasteiger partial charge in [-0.1, -0.05) is 11.6 Å². The summed E-state index contributed by atoms with van der Waals surface area (Å²) >= 11 is 5.87. The zero-order valence-electron chi connectivity index (χ0n) is 11.7. The molecule has 2 heterocycles. The summed E-state index contributed by atoms with van der Waals surface area (Å²) in [6.07, 6.45) is 3.90. The molecule has 0 atom stereocenters. The molecule has 1 aromatic rings. The fourth-order valence-electron chi connectivity index (χ4n) is 2.54. The average molecular weight is 331 g/mol. The van der Waals surface area contributed by atoms with E-state index < -0.39 is 10.0 Å². The van der Waals surface area contributed by atoms with E-state index >= 15 is 0 Å². The number of nitrogens with zero attached hydrogens (tertiary/aromatic N) is 3. The van der Waals surface area contributed by atoms with E-state index in [2.05, 4.69) is 9.88 Å². The largest absolute Gasteiger partial charge is 0.382 e. The lowest BCUT2D eigenvalue weighted by atomic mass is 10.3. The predicted octanol–water partition coefficient (Wildman–Crippen LogP) is 1.03. The van der Waals surface area contributed by atoms with Crippen molar-refractivity contribution in [1.82, 2.24) is 14.2 Å². The van der Waals surface area contributed by atoms with Crippen LogP contribution >= 0.6 is 11.6 Å². The van der Waals surface area contributed by atoms with Crippen LogP contribution < -0.4 is 5.73 Å². The number of rotatable bonds is 4. The third-order valence-electron chi connectivity index (χ3n) is 4.03. The number of sulfonamides is 1. The quantitative estimate of drug-likeness (QED) is 0.892. The number of aromatic nitrogens is 1. The summed E-state index contributed by atoms with van der Waals surface area (Å²) in [4.78, 5) is 6.29. The van der Waals surface area contributed by atoms with Crippen molar-refractivity contribution in [2.45, 2.75) is 17.7 Å². The van der Waals surface area contributed by atoms with Gasteiger partial charge in [0.15, 0.2) is 0 Å². The maximum absolute atomic E-state index is 12.6. The topological polar surface area (TPSA) is 79.5 Å². The lowest BCUT2D eigenvalue weighted by molar-refractivity contribution is 0.182. The molecule has 21 heavy (non-hydrogen) atoms. The Morgan fingerprint density at radius 1 is 1.29 bits per heavy atom. The molecule has 6 nitrogen and oxygen atoms in total. The van der Waals surface area contributed by atoms with Gasteiger partial charge in [-0.05, 0) is 24.8 Å². The van der Waals surface area contributed by atoms with E-state index in [0.717, 1.165) is 25.6 Å². The molecule has 2 N–H and O–H groups in total. The van der Waals surface area contributed by atoms with Crippen LogP contribution in [0.15, 0.2) is 17.2 Å². The molecule has 2 aliphatic rings. The highest BCUT2D eigenvalue weighted by molar-refractivity contribution is 7.89. The van der Waals surface area contributed by atoms with Crippen molar-refractivity contribution in [3.05, 3.63) is 17.3 Å². The molecule has 0 bridgehead atoms. The third-order valence-corrected chi connectivity index (χ3v) is 6.19. The molecule has 0 aromatic carbocycles. The molecular formula is C13H19ClN4O2S. The Morgan fingerprint density at radius 2 is 1.95 bits per heavy atom. The third kappa shape index (κ3) is 3.31. The van der Waals surface area contributed by atoms with Crippen LogP contribution in [0.2, 0.25) is 5.02 Å². The lowest BCUT2D eigenvalue weighted by Crippen LogP contribution is -2.49. The molecule has 1 saturated carbocycles. The average Bonchev–Trinajstić information content (AvgIpc) is 3.26. The number of piperazine rings is 1. The Bertz CT molecular complexity index is 625. The molecule has 2 fully saturated rings. The molecule has 0 spiro atoms. The lowest BCUT2D eigenvalue weighted by Gasteiger charge is -2.33. The number of hydrogen-bond acceptors (Lipinski definition) is 5. The number of nitrogens with two attached hydrogens (primary N) is 1. The van der Waals surface area contributed by atoms with Gasteiger partial charge in [0.05, 0.1) is 5.02 Å². The SMILES string of the molecule is Nc1ncc(S(=O)(=O)N2CCN(CC3CC3)CC2)cc1Cl. The number of anilines is 1. The summed E-state index contributed by atoms with van der Waals surface area (Å²) in [5.74, 6) is 0.970. The van der Waals surface area contributed by atoms with Gasteiger partial charge in [-0.3, -0.25) is 0 Å².